The number of hydrogen-bond acceptors (Lipinski definition) is 12. The minimum Gasteiger partial charge on any atom is -0.384 e. The van der Waals surface area contributed by atoms with E-state index in [1.54, 1.807) is 24.5 Å². The number of amides is 2. The Kier molecular flexibility index (Phi) is 9.99. The number of nitrogen functional groups attached to an aromatic ring is 1. The summed E-state index contributed by atoms with van der Waals surface area (Å²) in [6.45, 7) is 1.95. The molecule has 5 N–H and O–H groups in total. The second-order valence-electron chi connectivity index (χ2n) is 11.3. The van der Waals surface area contributed by atoms with Crippen LogP contribution in [-0.4, -0.2) is 67.3 Å². The van der Waals surface area contributed by atoms with Crippen molar-refractivity contribution in [1.82, 2.24) is 39.7 Å². The van der Waals surface area contributed by atoms with Crippen molar-refractivity contribution in [1.29, 1.82) is 0 Å². The number of fused-ring (bicyclic) bond motifs is 4. The van der Waals surface area contributed by atoms with Crippen LogP contribution < -0.4 is 32.8 Å². The normalized spacial score (nSPS) is 17.9. The zero-order valence-corrected chi connectivity index (χ0v) is 28.7. The van der Waals surface area contributed by atoms with Crippen molar-refractivity contribution >= 4 is 68.3 Å². The number of carbonyl (C=O) groups excluding carboxylic acids is 2. The maximum atomic E-state index is 13.0. The lowest BCUT2D eigenvalue weighted by Gasteiger charge is -2.35. The van der Waals surface area contributed by atoms with E-state index in [-0.39, 0.29) is 50.1 Å². The Balaban J connectivity index is 0.000000146. The van der Waals surface area contributed by atoms with Crippen molar-refractivity contribution in [2.75, 3.05) is 37.5 Å². The van der Waals surface area contributed by atoms with Crippen molar-refractivity contribution in [3.63, 3.8) is 0 Å². The number of nitrogens with one attached hydrogen (secondary N) is 3. The van der Waals surface area contributed by atoms with Gasteiger partial charge in [0, 0.05) is 38.1 Å². The number of halogens is 3. The van der Waals surface area contributed by atoms with Gasteiger partial charge in [0.2, 0.25) is 0 Å². The second-order valence-corrected chi connectivity index (χ2v) is 12.9. The molecule has 0 unspecified atom stereocenters. The van der Waals surface area contributed by atoms with Crippen LogP contribution in [0.15, 0.2) is 63.4 Å². The molecule has 8 rings (SSSR count). The SMILES string of the molecule is Nc1ccncn1.O=C1NC2(CCOCC2)n2c1c(Cl)cc(Br)c2=O.O=C1NC2(CCOCC2)n2c1c(Cl)cc(Nc1ccncn1)c2=O. The molecule has 2 spiro atoms. The molecule has 4 aromatic rings. The molecule has 8 heterocycles. The van der Waals surface area contributed by atoms with E-state index < -0.39 is 11.3 Å². The zero-order chi connectivity index (χ0) is 34.8. The van der Waals surface area contributed by atoms with Crippen molar-refractivity contribution in [3.05, 3.63) is 95.9 Å². The standard InChI is InChI=1S/C15H14ClN5O3.C11H10BrClN2O3.C4H5N3/c16-9-7-10(19-11-1-4-17-8-18-11)14(23)21-12(9)13(22)20-15(21)2-5-24-6-3-15;12-6-5-7(13)8-9(16)14-11(15(8)10(6)17)1-3-18-4-2-11;5-4-1-2-6-3-7-4/h1,4,7-8H,2-3,5-6H2,(H,20,22)(H,17,18,19);5H,1-4H2,(H,14,16);1-3H,(H2,5,6,7). The molecule has 256 valence electrons. The van der Waals surface area contributed by atoms with Crippen LogP contribution in [0.1, 0.15) is 46.7 Å². The first-order valence-corrected chi connectivity index (χ1v) is 16.5. The predicted octanol–water partition coefficient (Wildman–Crippen LogP) is 2.77. The third kappa shape index (κ3) is 6.76. The van der Waals surface area contributed by atoms with E-state index in [0.717, 1.165) is 0 Å². The van der Waals surface area contributed by atoms with E-state index in [9.17, 15) is 19.2 Å². The van der Waals surface area contributed by atoms with Crippen LogP contribution in [0.5, 0.6) is 0 Å². The quantitative estimate of drug-likeness (QED) is 0.232. The number of hydrogen-bond donors (Lipinski definition) is 4. The van der Waals surface area contributed by atoms with Crippen molar-refractivity contribution in [2.24, 2.45) is 0 Å². The lowest BCUT2D eigenvalue weighted by atomic mass is 10.0. The summed E-state index contributed by atoms with van der Waals surface area (Å²) in [6, 6.07) is 6.20. The number of aromatic nitrogens is 6. The summed E-state index contributed by atoms with van der Waals surface area (Å²) in [6.07, 6.45) is 8.11. The van der Waals surface area contributed by atoms with Crippen LogP contribution in [-0.2, 0) is 20.8 Å². The smallest absolute Gasteiger partial charge is 0.276 e. The zero-order valence-electron chi connectivity index (χ0n) is 25.6. The van der Waals surface area contributed by atoms with Gasteiger partial charge in [-0.05, 0) is 40.2 Å². The summed E-state index contributed by atoms with van der Waals surface area (Å²) in [5.41, 5.74) is 3.86. The van der Waals surface area contributed by atoms with Gasteiger partial charge in [-0.2, -0.15) is 0 Å². The molecule has 4 aromatic heterocycles. The third-order valence-electron chi connectivity index (χ3n) is 8.33. The summed E-state index contributed by atoms with van der Waals surface area (Å²) in [5, 5.41) is 9.23. The molecule has 19 heteroatoms. The number of carbonyl (C=O) groups is 2. The monoisotopic (exact) mass is 774 g/mol. The van der Waals surface area contributed by atoms with Gasteiger partial charge in [0.15, 0.2) is 0 Å². The molecular formula is C30H29BrCl2N10O6. The molecule has 2 saturated heterocycles. The lowest BCUT2D eigenvalue weighted by Crippen LogP contribution is -2.51. The second kappa shape index (κ2) is 14.2. The number of nitrogens with two attached hydrogens (primary N) is 1. The molecular weight excluding hydrogens is 747 g/mol. The van der Waals surface area contributed by atoms with Gasteiger partial charge in [-0.25, -0.2) is 19.9 Å². The van der Waals surface area contributed by atoms with Gasteiger partial charge >= 0.3 is 0 Å². The molecule has 0 saturated carbocycles. The molecule has 0 atom stereocenters. The number of nitrogens with zero attached hydrogens (tertiary/aromatic N) is 6. The number of rotatable bonds is 2. The van der Waals surface area contributed by atoms with Crippen LogP contribution in [0.3, 0.4) is 0 Å². The van der Waals surface area contributed by atoms with Crippen LogP contribution in [0.4, 0.5) is 17.3 Å². The van der Waals surface area contributed by atoms with E-state index in [2.05, 4.69) is 51.8 Å². The Bertz CT molecular complexity index is 2000. The molecule has 0 aromatic carbocycles. The maximum Gasteiger partial charge on any atom is 0.276 e. The minimum absolute atomic E-state index is 0.191. The average Bonchev–Trinajstić information content (AvgIpc) is 3.54. The van der Waals surface area contributed by atoms with Crippen LogP contribution in [0.2, 0.25) is 10.0 Å². The summed E-state index contributed by atoms with van der Waals surface area (Å²) < 4.78 is 14.0. The van der Waals surface area contributed by atoms with E-state index in [1.807, 2.05) is 0 Å². The topological polar surface area (TPSA) is 210 Å². The first-order chi connectivity index (χ1) is 23.5. The summed E-state index contributed by atoms with van der Waals surface area (Å²) in [4.78, 5) is 64.8. The highest BCUT2D eigenvalue weighted by atomic mass is 79.9. The molecule has 0 radical (unpaired) electrons. The number of pyridine rings is 2. The van der Waals surface area contributed by atoms with Gasteiger partial charge < -0.3 is 31.2 Å². The molecule has 49 heavy (non-hydrogen) atoms. The molecule has 2 amide bonds. The minimum atomic E-state index is -0.783. The average molecular weight is 776 g/mol. The molecule has 4 aliphatic rings. The van der Waals surface area contributed by atoms with Gasteiger partial charge in [0.1, 0.15) is 52.7 Å². The summed E-state index contributed by atoms with van der Waals surface area (Å²) in [7, 11) is 0. The van der Waals surface area contributed by atoms with E-state index in [0.29, 0.717) is 68.2 Å². The number of anilines is 3. The van der Waals surface area contributed by atoms with Crippen molar-refractivity contribution in [3.8, 4) is 0 Å². The molecule has 2 fully saturated rings. The van der Waals surface area contributed by atoms with Crippen molar-refractivity contribution < 1.29 is 19.1 Å². The first-order valence-electron chi connectivity index (χ1n) is 15.0. The fourth-order valence-electron chi connectivity index (χ4n) is 6.04. The summed E-state index contributed by atoms with van der Waals surface area (Å²) in [5.74, 6) is 0.339. The maximum absolute atomic E-state index is 13.0. The fourth-order valence-corrected chi connectivity index (χ4v) is 7.14. The molecule has 0 bridgehead atoms. The van der Waals surface area contributed by atoms with Gasteiger partial charge in [0.25, 0.3) is 22.9 Å². The van der Waals surface area contributed by atoms with Crippen LogP contribution >= 0.6 is 39.1 Å². The van der Waals surface area contributed by atoms with Gasteiger partial charge in [0.05, 0.1) is 40.9 Å². The Labute approximate surface area is 296 Å². The third-order valence-corrected chi connectivity index (χ3v) is 9.48. The van der Waals surface area contributed by atoms with Gasteiger partial charge in [-0.1, -0.05) is 23.2 Å². The van der Waals surface area contributed by atoms with E-state index in [4.69, 9.17) is 38.4 Å². The lowest BCUT2D eigenvalue weighted by molar-refractivity contribution is 0.0116. The van der Waals surface area contributed by atoms with E-state index in [1.165, 1.54) is 33.9 Å². The fraction of sp³-hybridized carbons (Fsp3) is 0.333. The highest BCUT2D eigenvalue weighted by Crippen LogP contribution is 2.36. The highest BCUT2D eigenvalue weighted by Gasteiger charge is 2.47. The number of ether oxygens (including phenoxy) is 2. The predicted molar refractivity (Wildman–Crippen MR) is 182 cm³/mol. The van der Waals surface area contributed by atoms with Gasteiger partial charge in [-0.3, -0.25) is 28.3 Å². The van der Waals surface area contributed by atoms with Gasteiger partial charge in [-0.15, -0.1) is 0 Å². The largest absolute Gasteiger partial charge is 0.384 e. The highest BCUT2D eigenvalue weighted by molar-refractivity contribution is 9.10. The van der Waals surface area contributed by atoms with E-state index >= 15 is 0 Å². The Morgan fingerprint density at radius 1 is 0.776 bits per heavy atom. The molecule has 0 aliphatic carbocycles. The molecule has 4 aliphatic heterocycles. The molecule has 16 nitrogen and oxygen atoms in total. The van der Waals surface area contributed by atoms with Crippen LogP contribution in [0.25, 0.3) is 0 Å². The Morgan fingerprint density at radius 2 is 1.29 bits per heavy atom. The Morgan fingerprint density at radius 3 is 1.76 bits per heavy atom. The summed E-state index contributed by atoms with van der Waals surface area (Å²) >= 11 is 15.5. The van der Waals surface area contributed by atoms with Crippen molar-refractivity contribution in [2.45, 2.75) is 37.0 Å². The first kappa shape index (κ1) is 34.4. The Hall–Kier alpha value is -4.42. The van der Waals surface area contributed by atoms with Crippen LogP contribution in [0, 0.1) is 0 Å².